The van der Waals surface area contributed by atoms with Gasteiger partial charge in [-0.2, -0.15) is 0 Å². The van der Waals surface area contributed by atoms with Crippen molar-refractivity contribution >= 4 is 17.3 Å². The average Bonchev–Trinajstić information content (AvgIpc) is 2.36. The highest BCUT2D eigenvalue weighted by Gasteiger charge is 2.07. The second kappa shape index (κ2) is 5.18. The van der Waals surface area contributed by atoms with Crippen LogP contribution in [0.2, 0.25) is 0 Å². The van der Waals surface area contributed by atoms with Crippen LogP contribution in [0.25, 0.3) is 0 Å². The van der Waals surface area contributed by atoms with E-state index >= 15 is 0 Å². The van der Waals surface area contributed by atoms with Gasteiger partial charge in [0.15, 0.2) is 0 Å². The molecule has 0 fully saturated rings. The van der Waals surface area contributed by atoms with Crippen LogP contribution in [0, 0.1) is 0 Å². The number of benzene rings is 1. The molecule has 5 nitrogen and oxygen atoms in total. The van der Waals surface area contributed by atoms with Gasteiger partial charge in [0.25, 0.3) is 5.91 Å². The van der Waals surface area contributed by atoms with E-state index in [9.17, 15) is 4.79 Å². The summed E-state index contributed by atoms with van der Waals surface area (Å²) in [7, 11) is 0. The van der Waals surface area contributed by atoms with E-state index in [2.05, 4.69) is 10.3 Å². The third-order valence-corrected chi connectivity index (χ3v) is 2.40. The monoisotopic (exact) mass is 242 g/mol. The van der Waals surface area contributed by atoms with E-state index in [1.165, 1.54) is 0 Å². The van der Waals surface area contributed by atoms with E-state index in [0.29, 0.717) is 23.5 Å². The first-order valence-corrected chi connectivity index (χ1v) is 5.49. The molecule has 1 amide bonds. The Morgan fingerprint density at radius 3 is 2.50 bits per heavy atom. The van der Waals surface area contributed by atoms with Crippen molar-refractivity contribution in [2.45, 2.75) is 6.54 Å². The van der Waals surface area contributed by atoms with Crippen LogP contribution < -0.4 is 16.8 Å². The number of carbonyl (C=O) groups excluding carboxylic acids is 1. The molecule has 2 rings (SSSR count). The lowest BCUT2D eigenvalue weighted by Gasteiger charge is -2.06. The molecule has 0 saturated heterocycles. The Bertz CT molecular complexity index is 534. The number of hydrogen-bond donors (Lipinski definition) is 3. The Kier molecular flexibility index (Phi) is 3.43. The van der Waals surface area contributed by atoms with Crippen LogP contribution in [-0.4, -0.2) is 10.9 Å². The molecule has 2 aromatic rings. The molecule has 0 atom stereocenters. The SMILES string of the molecule is Nc1cc(N)cc(C(=O)NCc2ccccn2)c1. The van der Waals surface area contributed by atoms with Crippen LogP contribution in [0.3, 0.4) is 0 Å². The summed E-state index contributed by atoms with van der Waals surface area (Å²) in [4.78, 5) is 16.0. The van der Waals surface area contributed by atoms with Crippen molar-refractivity contribution in [2.75, 3.05) is 11.5 Å². The Morgan fingerprint density at radius 1 is 1.17 bits per heavy atom. The van der Waals surface area contributed by atoms with Gasteiger partial charge in [-0.25, -0.2) is 0 Å². The number of carbonyl (C=O) groups is 1. The van der Waals surface area contributed by atoms with E-state index < -0.39 is 0 Å². The summed E-state index contributed by atoms with van der Waals surface area (Å²) < 4.78 is 0. The highest BCUT2D eigenvalue weighted by molar-refractivity contribution is 5.96. The Labute approximate surface area is 105 Å². The molecule has 0 saturated carbocycles. The van der Waals surface area contributed by atoms with Gasteiger partial charge >= 0.3 is 0 Å². The molecule has 18 heavy (non-hydrogen) atoms. The highest BCUT2D eigenvalue weighted by Crippen LogP contribution is 2.13. The molecule has 5 N–H and O–H groups in total. The normalized spacial score (nSPS) is 10.0. The fourth-order valence-corrected chi connectivity index (χ4v) is 1.58. The average molecular weight is 242 g/mol. The topological polar surface area (TPSA) is 94.0 Å². The number of hydrogen-bond acceptors (Lipinski definition) is 4. The summed E-state index contributed by atoms with van der Waals surface area (Å²) in [6.45, 7) is 0.369. The number of nitrogen functional groups attached to an aromatic ring is 2. The number of nitrogens with one attached hydrogen (secondary N) is 1. The maximum atomic E-state index is 11.9. The summed E-state index contributed by atoms with van der Waals surface area (Å²) in [6.07, 6.45) is 1.68. The van der Waals surface area contributed by atoms with Crippen molar-refractivity contribution in [3.8, 4) is 0 Å². The van der Waals surface area contributed by atoms with E-state index in [1.807, 2.05) is 18.2 Å². The Hall–Kier alpha value is -2.56. The number of anilines is 2. The molecule has 92 valence electrons. The molecule has 5 heteroatoms. The number of rotatable bonds is 3. The smallest absolute Gasteiger partial charge is 0.251 e. The minimum Gasteiger partial charge on any atom is -0.399 e. The van der Waals surface area contributed by atoms with Crippen LogP contribution in [0.1, 0.15) is 16.1 Å². The Morgan fingerprint density at radius 2 is 1.89 bits per heavy atom. The van der Waals surface area contributed by atoms with Crippen molar-refractivity contribution in [3.63, 3.8) is 0 Å². The fourth-order valence-electron chi connectivity index (χ4n) is 1.58. The fraction of sp³-hybridized carbons (Fsp3) is 0.0769. The molecule has 1 aromatic heterocycles. The van der Waals surface area contributed by atoms with E-state index in [4.69, 9.17) is 11.5 Å². The van der Waals surface area contributed by atoms with Gasteiger partial charge in [-0.15, -0.1) is 0 Å². The second-order valence-corrected chi connectivity index (χ2v) is 3.89. The van der Waals surface area contributed by atoms with Gasteiger partial charge in [0, 0.05) is 23.1 Å². The van der Waals surface area contributed by atoms with Crippen LogP contribution >= 0.6 is 0 Å². The van der Waals surface area contributed by atoms with Crippen LogP contribution in [-0.2, 0) is 6.54 Å². The zero-order chi connectivity index (χ0) is 13.0. The van der Waals surface area contributed by atoms with E-state index in [0.717, 1.165) is 5.69 Å². The zero-order valence-corrected chi connectivity index (χ0v) is 9.76. The first-order valence-electron chi connectivity index (χ1n) is 5.49. The number of amides is 1. The Balaban J connectivity index is 2.04. The second-order valence-electron chi connectivity index (χ2n) is 3.89. The predicted molar refractivity (Wildman–Crippen MR) is 70.7 cm³/mol. The minimum absolute atomic E-state index is 0.223. The van der Waals surface area contributed by atoms with Gasteiger partial charge in [0.05, 0.1) is 12.2 Å². The third kappa shape index (κ3) is 2.98. The first-order chi connectivity index (χ1) is 8.65. The number of nitrogens with two attached hydrogens (primary N) is 2. The summed E-state index contributed by atoms with van der Waals surface area (Å²) in [6, 6.07) is 10.3. The standard InChI is InChI=1S/C13H14N4O/c14-10-5-9(6-11(15)7-10)13(18)17-8-12-3-1-2-4-16-12/h1-7H,8,14-15H2,(H,17,18). The minimum atomic E-state index is -0.223. The van der Waals surface area contributed by atoms with Crippen molar-refractivity contribution in [2.24, 2.45) is 0 Å². The molecular formula is C13H14N4O. The molecule has 1 aromatic carbocycles. The highest BCUT2D eigenvalue weighted by atomic mass is 16.1. The lowest BCUT2D eigenvalue weighted by Crippen LogP contribution is -2.23. The number of pyridine rings is 1. The lowest BCUT2D eigenvalue weighted by molar-refractivity contribution is 0.0950. The van der Waals surface area contributed by atoms with Crippen LogP contribution in [0.5, 0.6) is 0 Å². The van der Waals surface area contributed by atoms with Gasteiger partial charge < -0.3 is 16.8 Å². The zero-order valence-electron chi connectivity index (χ0n) is 9.76. The van der Waals surface area contributed by atoms with Gasteiger partial charge in [-0.3, -0.25) is 9.78 Å². The molecule has 0 aliphatic rings. The summed E-state index contributed by atoms with van der Waals surface area (Å²) >= 11 is 0. The summed E-state index contributed by atoms with van der Waals surface area (Å²) in [5.74, 6) is -0.223. The van der Waals surface area contributed by atoms with Crippen molar-refractivity contribution in [1.82, 2.24) is 10.3 Å². The van der Waals surface area contributed by atoms with Crippen molar-refractivity contribution in [3.05, 3.63) is 53.9 Å². The van der Waals surface area contributed by atoms with Crippen LogP contribution in [0.4, 0.5) is 11.4 Å². The van der Waals surface area contributed by atoms with Crippen molar-refractivity contribution < 1.29 is 4.79 Å². The largest absolute Gasteiger partial charge is 0.399 e. The summed E-state index contributed by atoms with van der Waals surface area (Å²) in [5.41, 5.74) is 13.4. The maximum Gasteiger partial charge on any atom is 0.251 e. The summed E-state index contributed by atoms with van der Waals surface area (Å²) in [5, 5.41) is 2.76. The van der Waals surface area contributed by atoms with E-state index in [1.54, 1.807) is 24.4 Å². The molecule has 0 bridgehead atoms. The molecule has 0 aliphatic carbocycles. The third-order valence-electron chi connectivity index (χ3n) is 2.40. The van der Waals surface area contributed by atoms with Gasteiger partial charge in [-0.1, -0.05) is 6.07 Å². The number of nitrogens with zero attached hydrogens (tertiary/aromatic N) is 1. The van der Waals surface area contributed by atoms with Gasteiger partial charge in [-0.05, 0) is 30.3 Å². The lowest BCUT2D eigenvalue weighted by atomic mass is 10.1. The molecule has 0 spiro atoms. The molecular weight excluding hydrogens is 228 g/mol. The van der Waals surface area contributed by atoms with Crippen molar-refractivity contribution in [1.29, 1.82) is 0 Å². The van der Waals surface area contributed by atoms with Crippen LogP contribution in [0.15, 0.2) is 42.6 Å². The molecule has 0 unspecified atom stereocenters. The molecule has 0 radical (unpaired) electrons. The molecule has 0 aliphatic heterocycles. The van der Waals surface area contributed by atoms with E-state index in [-0.39, 0.29) is 5.91 Å². The maximum absolute atomic E-state index is 11.9. The quantitative estimate of drug-likeness (QED) is 0.704. The first kappa shape index (κ1) is 11.9. The molecule has 1 heterocycles. The predicted octanol–water partition coefficient (Wildman–Crippen LogP) is 1.18. The number of aromatic nitrogens is 1. The van der Waals surface area contributed by atoms with Gasteiger partial charge in [0.2, 0.25) is 0 Å². The van der Waals surface area contributed by atoms with Gasteiger partial charge in [0.1, 0.15) is 0 Å².